The normalized spacial score (nSPS) is 24.4. The summed E-state index contributed by atoms with van der Waals surface area (Å²) in [5.74, 6) is 2.09. The van der Waals surface area contributed by atoms with Gasteiger partial charge in [0.25, 0.3) is 0 Å². The van der Waals surface area contributed by atoms with E-state index in [9.17, 15) is 0 Å². The van der Waals surface area contributed by atoms with E-state index in [2.05, 4.69) is 31.2 Å². The lowest BCUT2D eigenvalue weighted by Crippen LogP contribution is -2.45. The van der Waals surface area contributed by atoms with E-state index in [0.29, 0.717) is 6.04 Å². The Morgan fingerprint density at radius 3 is 2.33 bits per heavy atom. The van der Waals surface area contributed by atoms with Crippen LogP contribution in [0.4, 0.5) is 11.6 Å². The highest BCUT2D eigenvalue weighted by Gasteiger charge is 2.26. The van der Waals surface area contributed by atoms with Gasteiger partial charge in [-0.2, -0.15) is 0 Å². The molecule has 1 aliphatic carbocycles. The van der Waals surface area contributed by atoms with Crippen LogP contribution in [-0.2, 0) is 0 Å². The lowest BCUT2D eigenvalue weighted by molar-refractivity contribution is 0.126. The van der Waals surface area contributed by atoms with E-state index < -0.39 is 0 Å². The summed E-state index contributed by atoms with van der Waals surface area (Å²) in [5.41, 5.74) is 0. The lowest BCUT2D eigenvalue weighted by Gasteiger charge is -2.39. The first kappa shape index (κ1) is 16.1. The van der Waals surface area contributed by atoms with Crippen molar-refractivity contribution >= 4 is 11.6 Å². The molecular formula is C19H31N5. The minimum Gasteiger partial charge on any atom is -0.367 e. The summed E-state index contributed by atoms with van der Waals surface area (Å²) < 4.78 is 0. The summed E-state index contributed by atoms with van der Waals surface area (Å²) in [7, 11) is 0. The molecule has 1 saturated carbocycles. The summed E-state index contributed by atoms with van der Waals surface area (Å²) in [6, 6.07) is 3.56. The van der Waals surface area contributed by atoms with Gasteiger partial charge >= 0.3 is 0 Å². The fourth-order valence-electron chi connectivity index (χ4n) is 4.61. The van der Waals surface area contributed by atoms with Crippen molar-refractivity contribution in [2.45, 2.75) is 69.9 Å². The molecule has 2 saturated heterocycles. The Morgan fingerprint density at radius 2 is 1.58 bits per heavy atom. The number of nitrogens with zero attached hydrogens (tertiary/aromatic N) is 4. The van der Waals surface area contributed by atoms with Gasteiger partial charge in [0, 0.05) is 44.3 Å². The van der Waals surface area contributed by atoms with Gasteiger partial charge in [-0.25, -0.2) is 9.97 Å². The molecule has 5 heteroatoms. The first-order chi connectivity index (χ1) is 11.9. The van der Waals surface area contributed by atoms with E-state index in [4.69, 9.17) is 0 Å². The maximum absolute atomic E-state index is 4.45. The lowest BCUT2D eigenvalue weighted by atomic mass is 9.92. The molecule has 3 heterocycles. The van der Waals surface area contributed by atoms with Gasteiger partial charge in [0.05, 0.1) is 0 Å². The Labute approximate surface area is 145 Å². The molecule has 4 rings (SSSR count). The second-order valence-corrected chi connectivity index (χ2v) is 7.70. The molecule has 0 amide bonds. The van der Waals surface area contributed by atoms with Crippen molar-refractivity contribution in [3.63, 3.8) is 0 Å². The maximum atomic E-state index is 4.45. The standard InChI is InChI=1S/C19H31N5/c1-2-6-17(7-3-1)23-12-8-16(9-13-23)22-18-14-19(21-15-20-18)24-10-4-5-11-24/h14-17H,1-13H2,(H,20,21,22). The van der Waals surface area contributed by atoms with Crippen molar-refractivity contribution in [1.82, 2.24) is 14.9 Å². The van der Waals surface area contributed by atoms with Gasteiger partial charge in [-0.05, 0) is 38.5 Å². The monoisotopic (exact) mass is 329 g/mol. The molecule has 0 aromatic carbocycles. The van der Waals surface area contributed by atoms with Gasteiger partial charge in [0.15, 0.2) is 0 Å². The summed E-state index contributed by atoms with van der Waals surface area (Å²) in [6.45, 7) is 4.76. The number of likely N-dealkylation sites (tertiary alicyclic amines) is 1. The van der Waals surface area contributed by atoms with Crippen LogP contribution >= 0.6 is 0 Å². The summed E-state index contributed by atoms with van der Waals surface area (Å²) in [5, 5.41) is 3.66. The van der Waals surface area contributed by atoms with E-state index in [1.807, 2.05) is 0 Å². The van der Waals surface area contributed by atoms with E-state index in [-0.39, 0.29) is 0 Å². The summed E-state index contributed by atoms with van der Waals surface area (Å²) in [6.07, 6.45) is 13.9. The third-order valence-electron chi connectivity index (χ3n) is 6.06. The number of nitrogens with one attached hydrogen (secondary N) is 1. The van der Waals surface area contributed by atoms with Crippen LogP contribution in [0.3, 0.4) is 0 Å². The van der Waals surface area contributed by atoms with Gasteiger partial charge in [-0.1, -0.05) is 19.3 Å². The SMILES string of the molecule is c1nc(NC2CCN(C3CCCCC3)CC2)cc(N2CCCC2)n1. The third kappa shape index (κ3) is 3.82. The number of hydrogen-bond acceptors (Lipinski definition) is 5. The van der Waals surface area contributed by atoms with Crippen molar-refractivity contribution in [2.24, 2.45) is 0 Å². The van der Waals surface area contributed by atoms with Crippen molar-refractivity contribution in [3.05, 3.63) is 12.4 Å². The summed E-state index contributed by atoms with van der Waals surface area (Å²) >= 11 is 0. The molecule has 1 aromatic rings. The maximum Gasteiger partial charge on any atom is 0.134 e. The van der Waals surface area contributed by atoms with Crippen molar-refractivity contribution in [1.29, 1.82) is 0 Å². The highest BCUT2D eigenvalue weighted by molar-refractivity contribution is 5.49. The first-order valence-electron chi connectivity index (χ1n) is 9.96. The molecule has 0 unspecified atom stereocenters. The van der Waals surface area contributed by atoms with Crippen molar-refractivity contribution < 1.29 is 0 Å². The Bertz CT molecular complexity index is 514. The molecule has 0 atom stereocenters. The molecule has 0 bridgehead atoms. The van der Waals surface area contributed by atoms with Crippen LogP contribution in [0.2, 0.25) is 0 Å². The second kappa shape index (κ2) is 7.68. The third-order valence-corrected chi connectivity index (χ3v) is 6.06. The Morgan fingerprint density at radius 1 is 0.833 bits per heavy atom. The molecule has 0 radical (unpaired) electrons. The van der Waals surface area contributed by atoms with Crippen LogP contribution in [0.5, 0.6) is 0 Å². The van der Waals surface area contributed by atoms with E-state index in [1.165, 1.54) is 70.9 Å². The zero-order valence-electron chi connectivity index (χ0n) is 14.8. The minimum absolute atomic E-state index is 0.561. The van der Waals surface area contributed by atoms with E-state index >= 15 is 0 Å². The number of aromatic nitrogens is 2. The number of anilines is 2. The van der Waals surface area contributed by atoms with Gasteiger partial charge < -0.3 is 15.1 Å². The van der Waals surface area contributed by atoms with Gasteiger partial charge in [0.2, 0.25) is 0 Å². The average Bonchev–Trinajstić information content (AvgIpc) is 3.18. The van der Waals surface area contributed by atoms with E-state index in [0.717, 1.165) is 30.8 Å². The largest absolute Gasteiger partial charge is 0.367 e. The predicted octanol–water partition coefficient (Wildman–Crippen LogP) is 3.29. The molecule has 3 aliphatic rings. The molecule has 1 N–H and O–H groups in total. The zero-order chi connectivity index (χ0) is 16.2. The van der Waals surface area contributed by atoms with Crippen LogP contribution in [0.1, 0.15) is 57.8 Å². The second-order valence-electron chi connectivity index (χ2n) is 7.70. The smallest absolute Gasteiger partial charge is 0.134 e. The topological polar surface area (TPSA) is 44.3 Å². The fourth-order valence-corrected chi connectivity index (χ4v) is 4.61. The van der Waals surface area contributed by atoms with E-state index in [1.54, 1.807) is 6.33 Å². The number of rotatable bonds is 4. The van der Waals surface area contributed by atoms with Gasteiger partial charge in [-0.15, -0.1) is 0 Å². The quantitative estimate of drug-likeness (QED) is 0.918. The molecular weight excluding hydrogens is 298 g/mol. The van der Waals surface area contributed by atoms with Crippen LogP contribution in [0.15, 0.2) is 12.4 Å². The molecule has 2 aliphatic heterocycles. The molecule has 5 nitrogen and oxygen atoms in total. The average molecular weight is 329 g/mol. The fraction of sp³-hybridized carbons (Fsp3) is 0.789. The molecule has 3 fully saturated rings. The van der Waals surface area contributed by atoms with Crippen LogP contribution < -0.4 is 10.2 Å². The molecule has 24 heavy (non-hydrogen) atoms. The first-order valence-corrected chi connectivity index (χ1v) is 9.96. The predicted molar refractivity (Wildman–Crippen MR) is 98.6 cm³/mol. The Hall–Kier alpha value is -1.36. The minimum atomic E-state index is 0.561. The van der Waals surface area contributed by atoms with Crippen molar-refractivity contribution in [2.75, 3.05) is 36.4 Å². The van der Waals surface area contributed by atoms with Crippen molar-refractivity contribution in [3.8, 4) is 0 Å². The van der Waals surface area contributed by atoms with Crippen LogP contribution in [0.25, 0.3) is 0 Å². The number of hydrogen-bond donors (Lipinski definition) is 1. The zero-order valence-corrected chi connectivity index (χ0v) is 14.8. The molecule has 0 spiro atoms. The number of piperidine rings is 1. The Balaban J connectivity index is 1.29. The molecule has 1 aromatic heterocycles. The summed E-state index contributed by atoms with van der Waals surface area (Å²) in [4.78, 5) is 14.0. The highest BCUT2D eigenvalue weighted by atomic mass is 15.2. The molecule has 132 valence electrons. The van der Waals surface area contributed by atoms with Gasteiger partial charge in [-0.3, -0.25) is 0 Å². The van der Waals surface area contributed by atoms with Crippen LogP contribution in [-0.4, -0.2) is 53.1 Å². The highest BCUT2D eigenvalue weighted by Crippen LogP contribution is 2.26. The van der Waals surface area contributed by atoms with Crippen LogP contribution in [0, 0.1) is 0 Å². The Kier molecular flexibility index (Phi) is 5.16. The van der Waals surface area contributed by atoms with Gasteiger partial charge in [0.1, 0.15) is 18.0 Å².